The summed E-state index contributed by atoms with van der Waals surface area (Å²) < 4.78 is 12.8. The van der Waals surface area contributed by atoms with Crippen LogP contribution in [0.2, 0.25) is 10.0 Å². The molecule has 0 aliphatic heterocycles. The van der Waals surface area contributed by atoms with Crippen LogP contribution in [0.15, 0.2) is 30.7 Å². The number of aromatic nitrogens is 2. The summed E-state index contributed by atoms with van der Waals surface area (Å²) >= 11 is 11.8. The van der Waals surface area contributed by atoms with Crippen LogP contribution in [-0.4, -0.2) is 9.97 Å². The minimum Gasteiger partial charge on any atom is -0.243 e. The second-order valence-corrected chi connectivity index (χ2v) is 3.66. The summed E-state index contributed by atoms with van der Waals surface area (Å²) in [5, 5.41) is 0.654. The lowest BCUT2D eigenvalue weighted by molar-refractivity contribution is 0.628. The highest BCUT2D eigenvalue weighted by Crippen LogP contribution is 2.30. The lowest BCUT2D eigenvalue weighted by Gasteiger charge is -2.04. The minimum atomic E-state index is -0.395. The first-order valence-electron chi connectivity index (χ1n) is 4.09. The Kier molecular flexibility index (Phi) is 2.84. The van der Waals surface area contributed by atoms with Crippen molar-refractivity contribution in [3.05, 3.63) is 46.6 Å². The van der Waals surface area contributed by atoms with E-state index in [1.54, 1.807) is 0 Å². The topological polar surface area (TPSA) is 25.8 Å². The Morgan fingerprint density at radius 3 is 2.60 bits per heavy atom. The molecule has 5 heteroatoms. The summed E-state index contributed by atoms with van der Waals surface area (Å²) in [6.07, 6.45) is 2.82. The molecule has 0 saturated heterocycles. The van der Waals surface area contributed by atoms with Crippen LogP contribution in [0.25, 0.3) is 11.3 Å². The molecular weight excluding hydrogens is 238 g/mol. The molecule has 0 fully saturated rings. The molecule has 0 amide bonds. The van der Waals surface area contributed by atoms with Crippen LogP contribution in [0.3, 0.4) is 0 Å². The summed E-state index contributed by atoms with van der Waals surface area (Å²) in [7, 11) is 0. The van der Waals surface area contributed by atoms with E-state index in [2.05, 4.69) is 9.97 Å². The quantitative estimate of drug-likeness (QED) is 0.764. The maximum absolute atomic E-state index is 12.8. The molecule has 0 unspecified atom stereocenters. The summed E-state index contributed by atoms with van der Waals surface area (Å²) in [5.74, 6) is -0.395. The van der Waals surface area contributed by atoms with Crippen molar-refractivity contribution in [2.75, 3.05) is 0 Å². The molecule has 0 saturated carbocycles. The van der Waals surface area contributed by atoms with Crippen LogP contribution in [0.1, 0.15) is 0 Å². The molecule has 1 aromatic carbocycles. The number of hydrogen-bond donors (Lipinski definition) is 0. The van der Waals surface area contributed by atoms with Gasteiger partial charge >= 0.3 is 0 Å². The molecule has 0 aliphatic rings. The van der Waals surface area contributed by atoms with Gasteiger partial charge in [0.25, 0.3) is 0 Å². The molecule has 15 heavy (non-hydrogen) atoms. The Morgan fingerprint density at radius 1 is 1.13 bits per heavy atom. The number of nitrogens with zero attached hydrogens (tertiary/aromatic N) is 2. The first kappa shape index (κ1) is 10.3. The average molecular weight is 243 g/mol. The molecule has 0 N–H and O–H groups in total. The van der Waals surface area contributed by atoms with Gasteiger partial charge in [-0.05, 0) is 18.2 Å². The Hall–Kier alpha value is -1.19. The van der Waals surface area contributed by atoms with E-state index < -0.39 is 5.82 Å². The van der Waals surface area contributed by atoms with Gasteiger partial charge in [-0.25, -0.2) is 14.4 Å². The smallest absolute Gasteiger partial charge is 0.124 e. The Labute approximate surface area is 95.7 Å². The Morgan fingerprint density at radius 2 is 1.93 bits per heavy atom. The highest BCUT2D eigenvalue weighted by atomic mass is 35.5. The number of rotatable bonds is 1. The van der Waals surface area contributed by atoms with E-state index in [1.165, 1.54) is 30.7 Å². The van der Waals surface area contributed by atoms with Gasteiger partial charge in [0.15, 0.2) is 0 Å². The lowest BCUT2D eigenvalue weighted by atomic mass is 10.1. The first-order valence-corrected chi connectivity index (χ1v) is 4.85. The highest BCUT2D eigenvalue weighted by Gasteiger charge is 2.09. The predicted octanol–water partition coefficient (Wildman–Crippen LogP) is 3.59. The normalized spacial score (nSPS) is 10.3. The summed E-state index contributed by atoms with van der Waals surface area (Å²) in [5.41, 5.74) is 1.09. The van der Waals surface area contributed by atoms with Gasteiger partial charge in [-0.1, -0.05) is 23.2 Å². The molecule has 2 rings (SSSR count). The second-order valence-electron chi connectivity index (χ2n) is 2.84. The van der Waals surface area contributed by atoms with Crippen molar-refractivity contribution in [2.45, 2.75) is 0 Å². The van der Waals surface area contributed by atoms with Crippen molar-refractivity contribution in [3.8, 4) is 11.3 Å². The molecule has 1 heterocycles. The zero-order valence-corrected chi connectivity index (χ0v) is 8.93. The van der Waals surface area contributed by atoms with Gasteiger partial charge in [0.2, 0.25) is 0 Å². The van der Waals surface area contributed by atoms with E-state index in [-0.39, 0.29) is 5.02 Å². The largest absolute Gasteiger partial charge is 0.243 e. The molecule has 1 aromatic heterocycles. The van der Waals surface area contributed by atoms with Crippen molar-refractivity contribution in [3.63, 3.8) is 0 Å². The van der Waals surface area contributed by atoms with Gasteiger partial charge in [-0.2, -0.15) is 0 Å². The third kappa shape index (κ3) is 2.08. The van der Waals surface area contributed by atoms with Gasteiger partial charge < -0.3 is 0 Å². The number of halogens is 3. The molecule has 0 bridgehead atoms. The molecule has 0 radical (unpaired) electrons. The van der Waals surface area contributed by atoms with E-state index >= 15 is 0 Å². The van der Waals surface area contributed by atoms with Crippen LogP contribution < -0.4 is 0 Å². The second kappa shape index (κ2) is 4.13. The van der Waals surface area contributed by atoms with Crippen LogP contribution >= 0.6 is 23.2 Å². The lowest BCUT2D eigenvalue weighted by Crippen LogP contribution is -1.88. The number of hydrogen-bond acceptors (Lipinski definition) is 2. The summed E-state index contributed by atoms with van der Waals surface area (Å²) in [6.45, 7) is 0. The van der Waals surface area contributed by atoms with Crippen molar-refractivity contribution in [2.24, 2.45) is 0 Å². The molecular formula is C10H5Cl2FN2. The molecule has 0 atom stereocenters. The van der Waals surface area contributed by atoms with Crippen molar-refractivity contribution in [1.29, 1.82) is 0 Å². The van der Waals surface area contributed by atoms with Gasteiger partial charge in [-0.3, -0.25) is 0 Å². The Balaban J connectivity index is 2.60. The molecule has 0 spiro atoms. The van der Waals surface area contributed by atoms with Crippen LogP contribution in [0, 0.1) is 5.82 Å². The highest BCUT2D eigenvalue weighted by molar-refractivity contribution is 6.36. The molecule has 2 nitrogen and oxygen atoms in total. The fourth-order valence-corrected chi connectivity index (χ4v) is 1.66. The van der Waals surface area contributed by atoms with E-state index in [0.717, 1.165) is 0 Å². The maximum Gasteiger partial charge on any atom is 0.124 e. The van der Waals surface area contributed by atoms with Crippen molar-refractivity contribution < 1.29 is 4.39 Å². The van der Waals surface area contributed by atoms with E-state index in [4.69, 9.17) is 23.2 Å². The fraction of sp³-hybridized carbons (Fsp3) is 0. The minimum absolute atomic E-state index is 0.274. The SMILES string of the molecule is Fc1ccc(-c2ncncc2Cl)c(Cl)c1. The first-order chi connectivity index (χ1) is 7.18. The molecule has 2 aromatic rings. The molecule has 0 aliphatic carbocycles. The standard InChI is InChI=1S/C10H5Cl2FN2/c11-8-3-6(13)1-2-7(8)10-9(12)4-14-5-15-10/h1-5H. The zero-order chi connectivity index (χ0) is 10.8. The summed E-state index contributed by atoms with van der Waals surface area (Å²) in [4.78, 5) is 7.75. The average Bonchev–Trinajstić information content (AvgIpc) is 2.20. The van der Waals surface area contributed by atoms with E-state index in [1.807, 2.05) is 0 Å². The third-order valence-corrected chi connectivity index (χ3v) is 2.44. The molecule has 76 valence electrons. The maximum atomic E-state index is 12.8. The van der Waals surface area contributed by atoms with Gasteiger partial charge in [0, 0.05) is 11.8 Å². The van der Waals surface area contributed by atoms with Crippen LogP contribution in [0.4, 0.5) is 4.39 Å². The van der Waals surface area contributed by atoms with Gasteiger partial charge in [0.05, 0.1) is 15.7 Å². The predicted molar refractivity (Wildman–Crippen MR) is 57.4 cm³/mol. The number of benzene rings is 1. The van der Waals surface area contributed by atoms with Crippen LogP contribution in [0.5, 0.6) is 0 Å². The van der Waals surface area contributed by atoms with Crippen LogP contribution in [-0.2, 0) is 0 Å². The fourth-order valence-electron chi connectivity index (χ4n) is 1.19. The zero-order valence-electron chi connectivity index (χ0n) is 7.42. The van der Waals surface area contributed by atoms with Crippen molar-refractivity contribution in [1.82, 2.24) is 9.97 Å². The summed E-state index contributed by atoms with van der Waals surface area (Å²) in [6, 6.07) is 4.06. The third-order valence-electron chi connectivity index (χ3n) is 1.85. The van der Waals surface area contributed by atoms with E-state index in [0.29, 0.717) is 16.3 Å². The monoisotopic (exact) mass is 242 g/mol. The van der Waals surface area contributed by atoms with Gasteiger partial charge in [0.1, 0.15) is 12.1 Å². The van der Waals surface area contributed by atoms with Crippen molar-refractivity contribution >= 4 is 23.2 Å². The Bertz CT molecular complexity index is 503. The van der Waals surface area contributed by atoms with Gasteiger partial charge in [-0.15, -0.1) is 0 Å². The van der Waals surface area contributed by atoms with E-state index in [9.17, 15) is 4.39 Å².